The molecule has 12 heteroatoms. The molecule has 1 aromatic rings. The molecule has 1 N–H and O–H groups in total. The number of benzene rings is 1. The Kier molecular flexibility index (Phi) is 11.9. The molecule has 0 bridgehead atoms. The number of ether oxygens (including phenoxy) is 1. The largest absolute Gasteiger partial charge is 0.444 e. The Balaban J connectivity index is 1.40. The van der Waals surface area contributed by atoms with Gasteiger partial charge in [-0.2, -0.15) is 0 Å². The van der Waals surface area contributed by atoms with Gasteiger partial charge >= 0.3 is 6.09 Å². The number of imide groups is 1. The molecule has 1 aromatic carbocycles. The fourth-order valence-corrected chi connectivity index (χ4v) is 5.27. The van der Waals surface area contributed by atoms with Crippen LogP contribution in [0.5, 0.6) is 0 Å². The average molecular weight is 583 g/mol. The Morgan fingerprint density at radius 2 is 1.81 bits per heavy atom. The molecule has 1 saturated heterocycles. The predicted molar refractivity (Wildman–Crippen MR) is 155 cm³/mol. The van der Waals surface area contributed by atoms with E-state index in [1.807, 2.05) is 26.8 Å². The van der Waals surface area contributed by atoms with E-state index in [9.17, 15) is 24.0 Å². The highest BCUT2D eigenvalue weighted by atomic mass is 16.6. The number of rotatable bonds is 15. The number of nitrogens with zero attached hydrogens (tertiary/aromatic N) is 5. The van der Waals surface area contributed by atoms with Crippen LogP contribution in [0.1, 0.15) is 100 Å². The van der Waals surface area contributed by atoms with Gasteiger partial charge in [0, 0.05) is 55.9 Å². The highest BCUT2D eigenvalue weighted by Crippen LogP contribution is 2.30. The van der Waals surface area contributed by atoms with Crippen LogP contribution in [0.25, 0.3) is 10.4 Å². The Morgan fingerprint density at radius 3 is 2.52 bits per heavy atom. The Bertz CT molecular complexity index is 1220. The molecule has 12 nitrogen and oxygen atoms in total. The molecule has 228 valence electrons. The molecular formula is C30H42N6O6. The molecule has 0 aromatic heterocycles. The van der Waals surface area contributed by atoms with Crippen LogP contribution < -0.4 is 5.32 Å². The molecule has 0 saturated carbocycles. The van der Waals surface area contributed by atoms with Gasteiger partial charge in [0.05, 0.1) is 0 Å². The zero-order valence-corrected chi connectivity index (χ0v) is 24.9. The maximum Gasteiger partial charge on any atom is 0.410 e. The second-order valence-corrected chi connectivity index (χ2v) is 11.9. The number of hydrogen-bond acceptors (Lipinski definition) is 7. The van der Waals surface area contributed by atoms with Crippen LogP contribution >= 0.6 is 0 Å². The minimum Gasteiger partial charge on any atom is -0.444 e. The second-order valence-electron chi connectivity index (χ2n) is 11.9. The van der Waals surface area contributed by atoms with Crippen LogP contribution in [0, 0.1) is 0 Å². The molecule has 2 aliphatic heterocycles. The number of ketones is 1. The fourth-order valence-electron chi connectivity index (χ4n) is 5.27. The lowest BCUT2D eigenvalue weighted by Crippen LogP contribution is -2.52. The first-order valence-electron chi connectivity index (χ1n) is 14.8. The Labute approximate surface area is 246 Å². The monoisotopic (exact) mass is 582 g/mol. The number of Topliss-reactive ketones (excluding diaryl/α,β-unsaturated/α-hetero) is 1. The zero-order chi connectivity index (χ0) is 30.7. The molecule has 2 heterocycles. The lowest BCUT2D eigenvalue weighted by molar-refractivity contribution is -0.137. The zero-order valence-electron chi connectivity index (χ0n) is 24.9. The molecular weight excluding hydrogens is 540 g/mol. The number of azide groups is 1. The molecule has 1 unspecified atom stereocenters. The quantitative estimate of drug-likeness (QED) is 0.102. The van der Waals surface area contributed by atoms with E-state index in [0.29, 0.717) is 44.5 Å². The number of piperidine rings is 1. The maximum absolute atomic E-state index is 13.0. The van der Waals surface area contributed by atoms with Gasteiger partial charge in [-0.3, -0.25) is 24.5 Å². The van der Waals surface area contributed by atoms with Gasteiger partial charge in [-0.1, -0.05) is 36.5 Å². The number of amides is 4. The Morgan fingerprint density at radius 1 is 1.10 bits per heavy atom. The van der Waals surface area contributed by atoms with Crippen molar-refractivity contribution in [1.82, 2.24) is 15.1 Å². The predicted octanol–water partition coefficient (Wildman–Crippen LogP) is 4.84. The van der Waals surface area contributed by atoms with Crippen LogP contribution in [-0.2, 0) is 32.1 Å². The first-order valence-corrected chi connectivity index (χ1v) is 14.8. The van der Waals surface area contributed by atoms with Crippen molar-refractivity contribution in [3.63, 3.8) is 0 Å². The minimum atomic E-state index is -0.680. The number of fused-ring (bicyclic) bond motifs is 1. The summed E-state index contributed by atoms with van der Waals surface area (Å²) in [5.41, 5.74) is 9.98. The van der Waals surface area contributed by atoms with E-state index in [2.05, 4.69) is 15.3 Å². The SMILES string of the molecule is CC(C)(C)OC(=O)N(CCCCCCCC(=O)Cc1cccc2c1CN(C1CCC(=O)NC1=O)C2=O)CCCN=[N+]=[N-]. The number of unbranched alkanes of at least 4 members (excludes halogenated alkanes) is 4. The molecule has 0 spiro atoms. The summed E-state index contributed by atoms with van der Waals surface area (Å²) in [6.07, 6.45) is 5.68. The van der Waals surface area contributed by atoms with E-state index in [-0.39, 0.29) is 43.1 Å². The molecule has 4 amide bonds. The topological polar surface area (TPSA) is 162 Å². The molecule has 1 atom stereocenters. The second kappa shape index (κ2) is 15.3. The van der Waals surface area contributed by atoms with Crippen molar-refractivity contribution in [2.75, 3.05) is 19.6 Å². The fraction of sp³-hybridized carbons (Fsp3) is 0.633. The molecule has 0 aliphatic carbocycles. The lowest BCUT2D eigenvalue weighted by Gasteiger charge is -2.29. The van der Waals surface area contributed by atoms with Crippen LogP contribution in [-0.4, -0.2) is 70.7 Å². The number of hydrogen-bond donors (Lipinski definition) is 1. The van der Waals surface area contributed by atoms with E-state index in [1.165, 1.54) is 4.90 Å². The van der Waals surface area contributed by atoms with Gasteiger partial charge in [0.2, 0.25) is 11.8 Å². The van der Waals surface area contributed by atoms with E-state index in [1.54, 1.807) is 17.0 Å². The highest BCUT2D eigenvalue weighted by molar-refractivity contribution is 6.05. The van der Waals surface area contributed by atoms with Gasteiger partial charge in [0.25, 0.3) is 5.91 Å². The summed E-state index contributed by atoms with van der Waals surface area (Å²) in [4.78, 5) is 68.1. The Hall–Kier alpha value is -3.92. The summed E-state index contributed by atoms with van der Waals surface area (Å²) in [6.45, 7) is 7.07. The standard InChI is InChI=1S/C30H42N6O6/c1-30(2,3)42-29(41)35(18-10-16-32-34-31)17-8-6-4-5-7-12-22(37)19-21-11-9-13-23-24(21)20-36(28(23)40)25-14-15-26(38)33-27(25)39/h9,11,13,25H,4-8,10,12,14-20H2,1-3H3,(H,33,38,39). The first kappa shape index (κ1) is 32.6. The van der Waals surface area contributed by atoms with Gasteiger partial charge in [-0.05, 0) is 69.2 Å². The maximum atomic E-state index is 13.0. The van der Waals surface area contributed by atoms with Gasteiger partial charge in [-0.15, -0.1) is 0 Å². The number of carbonyl (C=O) groups is 5. The van der Waals surface area contributed by atoms with E-state index >= 15 is 0 Å². The molecule has 3 rings (SSSR count). The van der Waals surface area contributed by atoms with Crippen molar-refractivity contribution in [3.05, 3.63) is 45.3 Å². The minimum absolute atomic E-state index is 0.103. The van der Waals surface area contributed by atoms with Crippen LogP contribution in [0.2, 0.25) is 0 Å². The first-order chi connectivity index (χ1) is 20.0. The van der Waals surface area contributed by atoms with Crippen molar-refractivity contribution in [2.24, 2.45) is 5.11 Å². The van der Waals surface area contributed by atoms with Crippen molar-refractivity contribution < 1.29 is 28.7 Å². The summed E-state index contributed by atoms with van der Waals surface area (Å²) in [7, 11) is 0. The third kappa shape index (κ3) is 9.58. The summed E-state index contributed by atoms with van der Waals surface area (Å²) in [6, 6.07) is 4.67. The van der Waals surface area contributed by atoms with E-state index < -0.39 is 17.6 Å². The third-order valence-corrected chi connectivity index (χ3v) is 7.35. The summed E-state index contributed by atoms with van der Waals surface area (Å²) in [5, 5.41) is 5.84. The molecule has 1 fully saturated rings. The smallest absolute Gasteiger partial charge is 0.410 e. The van der Waals surface area contributed by atoms with Crippen LogP contribution in [0.15, 0.2) is 23.3 Å². The van der Waals surface area contributed by atoms with Crippen molar-refractivity contribution in [2.45, 2.75) is 103 Å². The van der Waals surface area contributed by atoms with Gasteiger partial charge in [0.1, 0.15) is 17.4 Å². The van der Waals surface area contributed by atoms with Gasteiger partial charge in [0.15, 0.2) is 0 Å². The average Bonchev–Trinajstić information content (AvgIpc) is 3.25. The van der Waals surface area contributed by atoms with Crippen LogP contribution in [0.4, 0.5) is 4.79 Å². The summed E-state index contributed by atoms with van der Waals surface area (Å²) >= 11 is 0. The number of carbonyl (C=O) groups excluding carboxylic acids is 5. The molecule has 2 aliphatic rings. The van der Waals surface area contributed by atoms with Crippen molar-refractivity contribution >= 4 is 29.6 Å². The molecule has 42 heavy (non-hydrogen) atoms. The number of nitrogens with one attached hydrogen (secondary N) is 1. The van der Waals surface area contributed by atoms with Crippen molar-refractivity contribution in [3.8, 4) is 0 Å². The van der Waals surface area contributed by atoms with Crippen molar-refractivity contribution in [1.29, 1.82) is 0 Å². The summed E-state index contributed by atoms with van der Waals surface area (Å²) < 4.78 is 5.50. The summed E-state index contributed by atoms with van der Waals surface area (Å²) in [5.74, 6) is -0.914. The van der Waals surface area contributed by atoms with Gasteiger partial charge < -0.3 is 14.5 Å². The molecule has 0 radical (unpaired) electrons. The highest BCUT2D eigenvalue weighted by Gasteiger charge is 2.39. The third-order valence-electron chi connectivity index (χ3n) is 7.35. The normalized spacial score (nSPS) is 16.5. The van der Waals surface area contributed by atoms with E-state index in [0.717, 1.165) is 43.2 Å². The lowest BCUT2D eigenvalue weighted by atomic mass is 9.97. The van der Waals surface area contributed by atoms with E-state index in [4.69, 9.17) is 10.3 Å². The van der Waals surface area contributed by atoms with Crippen LogP contribution in [0.3, 0.4) is 0 Å². The van der Waals surface area contributed by atoms with Gasteiger partial charge in [-0.25, -0.2) is 4.79 Å².